The van der Waals surface area contributed by atoms with Crippen LogP contribution in [0, 0.1) is 5.92 Å². The summed E-state index contributed by atoms with van der Waals surface area (Å²) >= 11 is 0. The summed E-state index contributed by atoms with van der Waals surface area (Å²) in [5.74, 6) is -0.155. The van der Waals surface area contributed by atoms with Gasteiger partial charge in [-0.3, -0.25) is 9.63 Å². The van der Waals surface area contributed by atoms with Gasteiger partial charge in [0.1, 0.15) is 0 Å². The third kappa shape index (κ3) is 4.49. The number of benzene rings is 2. The van der Waals surface area contributed by atoms with Crippen molar-refractivity contribution in [3.63, 3.8) is 0 Å². The number of sulfonamides is 1. The molecule has 1 amide bonds. The number of hydroxylamine groups is 1. The lowest BCUT2D eigenvalue weighted by Gasteiger charge is -2.23. The van der Waals surface area contributed by atoms with Crippen LogP contribution in [0.15, 0.2) is 59.5 Å². The van der Waals surface area contributed by atoms with Crippen molar-refractivity contribution in [1.29, 1.82) is 0 Å². The molecular weight excluding hydrogens is 352 g/mol. The third-order valence-electron chi connectivity index (χ3n) is 4.10. The van der Waals surface area contributed by atoms with Crippen LogP contribution in [0.5, 0.6) is 0 Å². The van der Waals surface area contributed by atoms with Crippen molar-refractivity contribution in [3.8, 4) is 0 Å². The predicted molar refractivity (Wildman–Crippen MR) is 99.9 cm³/mol. The van der Waals surface area contributed by atoms with Gasteiger partial charge in [-0.2, -0.15) is 0 Å². The zero-order valence-electron chi connectivity index (χ0n) is 15.3. The van der Waals surface area contributed by atoms with Gasteiger partial charge in [0, 0.05) is 12.6 Å². The van der Waals surface area contributed by atoms with Gasteiger partial charge in [-0.1, -0.05) is 54.7 Å². The number of hydrogen-bond acceptors (Lipinski definition) is 4. The number of carbonyl (C=O) groups excluding carboxylic acids is 1. The van der Waals surface area contributed by atoms with E-state index in [1.807, 2.05) is 44.2 Å². The highest BCUT2D eigenvalue weighted by atomic mass is 32.2. The average molecular weight is 376 g/mol. The minimum absolute atomic E-state index is 0.00434. The van der Waals surface area contributed by atoms with Gasteiger partial charge >= 0.3 is 0 Å². The van der Waals surface area contributed by atoms with Gasteiger partial charge in [-0.05, 0) is 29.7 Å². The summed E-state index contributed by atoms with van der Waals surface area (Å²) in [6, 6.07) is 15.4. The first-order valence-electron chi connectivity index (χ1n) is 8.26. The lowest BCUT2D eigenvalue weighted by atomic mass is 9.95. The molecule has 0 spiro atoms. The highest BCUT2D eigenvalue weighted by molar-refractivity contribution is 7.89. The molecule has 1 N–H and O–H groups in total. The fourth-order valence-electron chi connectivity index (χ4n) is 2.56. The molecule has 0 saturated heterocycles. The summed E-state index contributed by atoms with van der Waals surface area (Å²) in [4.78, 5) is 17.5. The van der Waals surface area contributed by atoms with Gasteiger partial charge in [-0.25, -0.2) is 8.42 Å². The number of rotatable bonds is 7. The molecule has 0 bridgehead atoms. The first-order valence-corrected chi connectivity index (χ1v) is 9.70. The van der Waals surface area contributed by atoms with Crippen LogP contribution in [0.4, 0.5) is 0 Å². The van der Waals surface area contributed by atoms with Crippen LogP contribution < -0.4 is 5.32 Å². The van der Waals surface area contributed by atoms with Gasteiger partial charge in [-0.15, -0.1) is 0 Å². The maximum atomic E-state index is 12.7. The molecule has 2 aromatic carbocycles. The molecular formula is C19H24N2O4S. The minimum Gasteiger partial charge on any atom is -0.345 e. The normalized spacial score (nSPS) is 13.0. The molecule has 26 heavy (non-hydrogen) atoms. The van der Waals surface area contributed by atoms with Crippen molar-refractivity contribution in [3.05, 3.63) is 65.7 Å². The Bertz CT molecular complexity index is 851. The minimum atomic E-state index is -3.81. The Balaban J connectivity index is 2.28. The summed E-state index contributed by atoms with van der Waals surface area (Å²) < 4.78 is 25.5. The molecule has 0 saturated carbocycles. The second-order valence-electron chi connectivity index (χ2n) is 6.23. The summed E-state index contributed by atoms with van der Waals surface area (Å²) in [6.07, 6.45) is 0. The van der Waals surface area contributed by atoms with Crippen LogP contribution >= 0.6 is 0 Å². The molecule has 0 aliphatic carbocycles. The molecule has 6 nitrogen and oxygen atoms in total. The van der Waals surface area contributed by atoms with E-state index in [2.05, 4.69) is 5.32 Å². The molecule has 1 atom stereocenters. The molecule has 0 aromatic heterocycles. The first kappa shape index (κ1) is 20.1. The highest BCUT2D eigenvalue weighted by Crippen LogP contribution is 2.22. The van der Waals surface area contributed by atoms with E-state index in [1.165, 1.54) is 32.4 Å². The van der Waals surface area contributed by atoms with Crippen molar-refractivity contribution in [2.45, 2.75) is 24.8 Å². The quantitative estimate of drug-likeness (QED) is 0.754. The number of amides is 1. The van der Waals surface area contributed by atoms with E-state index >= 15 is 0 Å². The molecule has 0 aliphatic heterocycles. The lowest BCUT2D eigenvalue weighted by Crippen LogP contribution is -2.32. The first-order chi connectivity index (χ1) is 12.3. The molecule has 0 fully saturated rings. The Morgan fingerprint density at radius 3 is 2.31 bits per heavy atom. The molecule has 2 aromatic rings. The smallest absolute Gasteiger partial charge is 0.264 e. The Morgan fingerprint density at radius 1 is 1.08 bits per heavy atom. The van der Waals surface area contributed by atoms with E-state index in [1.54, 1.807) is 6.07 Å². The van der Waals surface area contributed by atoms with Crippen LogP contribution in [0.1, 0.15) is 35.8 Å². The second-order valence-corrected chi connectivity index (χ2v) is 8.17. The van der Waals surface area contributed by atoms with Gasteiger partial charge in [0.2, 0.25) is 0 Å². The maximum absolute atomic E-state index is 12.7. The van der Waals surface area contributed by atoms with Crippen LogP contribution in [-0.4, -0.2) is 33.0 Å². The van der Waals surface area contributed by atoms with Crippen molar-refractivity contribution in [2.75, 3.05) is 14.2 Å². The topological polar surface area (TPSA) is 75.7 Å². The van der Waals surface area contributed by atoms with Crippen molar-refractivity contribution in [1.82, 2.24) is 9.79 Å². The Morgan fingerprint density at radius 2 is 1.73 bits per heavy atom. The largest absolute Gasteiger partial charge is 0.345 e. The molecule has 0 aliphatic rings. The Labute approximate surface area is 154 Å². The summed E-state index contributed by atoms with van der Waals surface area (Å²) in [7, 11) is -1.25. The van der Waals surface area contributed by atoms with Crippen LogP contribution in [-0.2, 0) is 14.9 Å². The Hall–Kier alpha value is -2.22. The van der Waals surface area contributed by atoms with Crippen LogP contribution in [0.25, 0.3) is 0 Å². The third-order valence-corrected chi connectivity index (χ3v) is 5.78. The van der Waals surface area contributed by atoms with E-state index in [-0.39, 0.29) is 28.3 Å². The number of nitrogens with one attached hydrogen (secondary N) is 1. The monoisotopic (exact) mass is 376 g/mol. The van der Waals surface area contributed by atoms with Crippen molar-refractivity contribution >= 4 is 15.9 Å². The van der Waals surface area contributed by atoms with Crippen LogP contribution in [0.3, 0.4) is 0 Å². The molecule has 140 valence electrons. The predicted octanol–water partition coefficient (Wildman–Crippen LogP) is 3.00. The maximum Gasteiger partial charge on any atom is 0.264 e. The highest BCUT2D eigenvalue weighted by Gasteiger charge is 2.23. The number of nitrogens with zero attached hydrogens (tertiary/aromatic N) is 1. The van der Waals surface area contributed by atoms with E-state index in [9.17, 15) is 13.2 Å². The van der Waals surface area contributed by atoms with Crippen molar-refractivity contribution in [2.24, 2.45) is 5.92 Å². The number of hydrogen-bond donors (Lipinski definition) is 1. The van der Waals surface area contributed by atoms with Gasteiger partial charge in [0.15, 0.2) is 0 Å². The zero-order valence-corrected chi connectivity index (χ0v) is 16.2. The van der Waals surface area contributed by atoms with Crippen molar-refractivity contribution < 1.29 is 18.0 Å². The summed E-state index contributed by atoms with van der Waals surface area (Å²) in [5, 5.41) is 2.99. The van der Waals surface area contributed by atoms with E-state index in [0.717, 1.165) is 10.0 Å². The van der Waals surface area contributed by atoms with Crippen LogP contribution in [0.2, 0.25) is 0 Å². The molecule has 7 heteroatoms. The molecule has 0 radical (unpaired) electrons. The number of carbonyl (C=O) groups is 1. The molecule has 2 rings (SSSR count). The zero-order chi connectivity index (χ0) is 19.3. The van der Waals surface area contributed by atoms with Gasteiger partial charge in [0.05, 0.1) is 18.0 Å². The fourth-order valence-corrected chi connectivity index (χ4v) is 3.58. The second kappa shape index (κ2) is 8.44. The SMILES string of the molecule is CON(C)S(=O)(=O)c1cccc(C(=O)NC(c2ccccc2)C(C)C)c1. The lowest BCUT2D eigenvalue weighted by molar-refractivity contribution is -0.0258. The van der Waals surface area contributed by atoms with Gasteiger partial charge < -0.3 is 5.32 Å². The van der Waals surface area contributed by atoms with E-state index in [0.29, 0.717) is 0 Å². The average Bonchev–Trinajstić information content (AvgIpc) is 2.65. The Kier molecular flexibility index (Phi) is 6.52. The van der Waals surface area contributed by atoms with Gasteiger partial charge in [0.25, 0.3) is 15.9 Å². The van der Waals surface area contributed by atoms with E-state index < -0.39 is 10.0 Å². The summed E-state index contributed by atoms with van der Waals surface area (Å²) in [6.45, 7) is 4.04. The molecule has 1 unspecified atom stereocenters. The molecule has 0 heterocycles. The fraction of sp³-hybridized carbons (Fsp3) is 0.316. The summed E-state index contributed by atoms with van der Waals surface area (Å²) in [5.41, 5.74) is 1.27. The standard InChI is InChI=1S/C19H24N2O4S/c1-14(2)18(15-9-6-5-7-10-15)20-19(22)16-11-8-12-17(13-16)26(23,24)21(3)25-4/h5-14,18H,1-4H3,(H,20,22). The van der Waals surface area contributed by atoms with E-state index in [4.69, 9.17) is 4.84 Å².